The molecule has 2 rings (SSSR count). The van der Waals surface area contributed by atoms with Crippen LogP contribution in [0.1, 0.15) is 46.4 Å². The van der Waals surface area contributed by atoms with E-state index in [1.807, 2.05) is 32.9 Å². The minimum Gasteiger partial charge on any atom is -0.345 e. The van der Waals surface area contributed by atoms with E-state index < -0.39 is 10.0 Å². The molecule has 140 valence electrons. The lowest BCUT2D eigenvalue weighted by Gasteiger charge is -2.19. The summed E-state index contributed by atoms with van der Waals surface area (Å²) in [5.74, 6) is -0.300. The van der Waals surface area contributed by atoms with Gasteiger partial charge in [-0.1, -0.05) is 36.7 Å². The second-order valence-corrected chi connectivity index (χ2v) is 8.50. The van der Waals surface area contributed by atoms with Crippen LogP contribution in [0.3, 0.4) is 0 Å². The van der Waals surface area contributed by atoms with E-state index in [2.05, 4.69) is 16.1 Å². The highest BCUT2D eigenvalue weighted by atomic mass is 35.5. The number of hydrogen-bond acceptors (Lipinski definition) is 3. The van der Waals surface area contributed by atoms with Gasteiger partial charge < -0.3 is 5.32 Å². The molecule has 0 spiro atoms. The summed E-state index contributed by atoms with van der Waals surface area (Å²) in [5, 5.41) is 3.18. The Balaban J connectivity index is 2.21. The first-order chi connectivity index (χ1) is 12.1. The Labute approximate surface area is 159 Å². The molecular weight excluding hydrogens is 372 g/mol. The van der Waals surface area contributed by atoms with Gasteiger partial charge in [-0.2, -0.15) is 0 Å². The summed E-state index contributed by atoms with van der Waals surface area (Å²) in [6.45, 7) is 6.09. The monoisotopic (exact) mass is 394 g/mol. The largest absolute Gasteiger partial charge is 0.345 e. The van der Waals surface area contributed by atoms with Crippen molar-refractivity contribution in [1.82, 2.24) is 5.32 Å². The van der Waals surface area contributed by atoms with Gasteiger partial charge in [-0.15, -0.1) is 0 Å². The van der Waals surface area contributed by atoms with Gasteiger partial charge in [0.05, 0.1) is 22.9 Å². The molecule has 0 bridgehead atoms. The molecular formula is C19H23ClN2O3S. The molecule has 0 aliphatic heterocycles. The number of halogens is 1. The normalized spacial score (nSPS) is 12.5. The van der Waals surface area contributed by atoms with Crippen molar-refractivity contribution in [1.29, 1.82) is 0 Å². The van der Waals surface area contributed by atoms with Crippen molar-refractivity contribution in [3.63, 3.8) is 0 Å². The highest BCUT2D eigenvalue weighted by molar-refractivity contribution is 7.92. The molecule has 0 unspecified atom stereocenters. The van der Waals surface area contributed by atoms with Crippen LogP contribution in [-0.4, -0.2) is 20.6 Å². The maximum atomic E-state index is 12.6. The van der Waals surface area contributed by atoms with Crippen molar-refractivity contribution < 1.29 is 13.2 Å². The second kappa shape index (κ2) is 8.10. The molecule has 0 aliphatic carbocycles. The summed E-state index contributed by atoms with van der Waals surface area (Å²) >= 11 is 6.18. The number of carbonyl (C=O) groups is 1. The van der Waals surface area contributed by atoms with Crippen molar-refractivity contribution in [3.05, 3.63) is 63.7 Å². The molecule has 2 N–H and O–H groups in total. The second-order valence-electron chi connectivity index (χ2n) is 6.35. The van der Waals surface area contributed by atoms with E-state index in [0.29, 0.717) is 11.3 Å². The summed E-state index contributed by atoms with van der Waals surface area (Å²) in [5.41, 5.74) is 4.02. The minimum atomic E-state index is -3.40. The molecule has 0 fully saturated rings. The van der Waals surface area contributed by atoms with E-state index in [9.17, 15) is 13.2 Å². The zero-order chi connectivity index (χ0) is 19.5. The number of aryl methyl sites for hydroxylation is 2. The van der Waals surface area contributed by atoms with Gasteiger partial charge in [-0.25, -0.2) is 8.42 Å². The number of nitrogens with one attached hydrogen (secondary N) is 2. The van der Waals surface area contributed by atoms with E-state index in [4.69, 9.17) is 11.6 Å². The fourth-order valence-electron chi connectivity index (χ4n) is 2.62. The molecule has 5 nitrogen and oxygen atoms in total. The Kier molecular flexibility index (Phi) is 6.31. The number of amides is 1. The van der Waals surface area contributed by atoms with Crippen LogP contribution in [0.4, 0.5) is 5.69 Å². The fraction of sp³-hybridized carbons (Fsp3) is 0.316. The molecule has 1 atom stereocenters. The Hall–Kier alpha value is -2.05. The molecule has 0 aromatic heterocycles. The summed E-state index contributed by atoms with van der Waals surface area (Å²) in [6.07, 6.45) is 1.79. The molecule has 0 saturated carbocycles. The first-order valence-electron chi connectivity index (χ1n) is 8.26. The molecule has 1 amide bonds. The molecule has 0 heterocycles. The van der Waals surface area contributed by atoms with Crippen LogP contribution < -0.4 is 10.0 Å². The number of rotatable bonds is 6. The zero-order valence-corrected chi connectivity index (χ0v) is 16.8. The van der Waals surface area contributed by atoms with Crippen LogP contribution in [-0.2, 0) is 10.0 Å². The van der Waals surface area contributed by atoms with E-state index in [0.717, 1.165) is 18.2 Å². The van der Waals surface area contributed by atoms with E-state index in [-0.39, 0.29) is 17.0 Å². The van der Waals surface area contributed by atoms with Crippen LogP contribution in [0.2, 0.25) is 5.02 Å². The Bertz CT molecular complexity index is 926. The molecule has 26 heavy (non-hydrogen) atoms. The standard InChI is InChI=1S/C19H23ClN2O3S/c1-5-18(14-7-6-12(2)13(3)10-14)21-19(23)16-9-8-15(11-17(16)20)22-26(4,24)25/h6-11,18,22H,5H2,1-4H3,(H,21,23)/t18-/m0/s1. The average molecular weight is 395 g/mol. The van der Waals surface area contributed by atoms with Crippen LogP contribution >= 0.6 is 11.6 Å². The third-order valence-electron chi connectivity index (χ3n) is 4.16. The van der Waals surface area contributed by atoms with E-state index in [1.165, 1.54) is 29.3 Å². The van der Waals surface area contributed by atoms with Crippen molar-refractivity contribution in [2.75, 3.05) is 11.0 Å². The van der Waals surface area contributed by atoms with Gasteiger partial charge in [-0.3, -0.25) is 9.52 Å². The Morgan fingerprint density at radius 1 is 1.12 bits per heavy atom. The van der Waals surface area contributed by atoms with Gasteiger partial charge in [0, 0.05) is 5.69 Å². The average Bonchev–Trinajstić information content (AvgIpc) is 2.53. The maximum Gasteiger partial charge on any atom is 0.253 e. The van der Waals surface area contributed by atoms with Gasteiger partial charge in [0.2, 0.25) is 10.0 Å². The molecule has 2 aromatic rings. The third kappa shape index (κ3) is 5.22. The van der Waals surface area contributed by atoms with Gasteiger partial charge in [-0.05, 0) is 55.2 Å². The number of sulfonamides is 1. The Morgan fingerprint density at radius 2 is 1.81 bits per heavy atom. The number of anilines is 1. The highest BCUT2D eigenvalue weighted by Crippen LogP contribution is 2.24. The van der Waals surface area contributed by atoms with Crippen molar-refractivity contribution in [2.24, 2.45) is 0 Å². The summed E-state index contributed by atoms with van der Waals surface area (Å²) in [7, 11) is -3.40. The predicted molar refractivity (Wildman–Crippen MR) is 106 cm³/mol. The quantitative estimate of drug-likeness (QED) is 0.770. The van der Waals surface area contributed by atoms with Gasteiger partial charge in [0.15, 0.2) is 0 Å². The smallest absolute Gasteiger partial charge is 0.253 e. The minimum absolute atomic E-state index is 0.133. The molecule has 0 radical (unpaired) electrons. The van der Waals surface area contributed by atoms with Crippen molar-refractivity contribution >= 4 is 33.2 Å². The highest BCUT2D eigenvalue weighted by Gasteiger charge is 2.17. The predicted octanol–water partition coefficient (Wildman–Crippen LogP) is 4.21. The fourth-order valence-corrected chi connectivity index (χ4v) is 3.44. The van der Waals surface area contributed by atoms with Crippen molar-refractivity contribution in [2.45, 2.75) is 33.2 Å². The van der Waals surface area contributed by atoms with Crippen LogP contribution in [0.25, 0.3) is 0 Å². The van der Waals surface area contributed by atoms with E-state index in [1.54, 1.807) is 0 Å². The molecule has 0 saturated heterocycles. The van der Waals surface area contributed by atoms with Crippen molar-refractivity contribution in [3.8, 4) is 0 Å². The lowest BCUT2D eigenvalue weighted by Crippen LogP contribution is -2.28. The topological polar surface area (TPSA) is 75.3 Å². The van der Waals surface area contributed by atoms with Gasteiger partial charge >= 0.3 is 0 Å². The molecule has 7 heteroatoms. The van der Waals surface area contributed by atoms with Gasteiger partial charge in [0.1, 0.15) is 0 Å². The molecule has 2 aromatic carbocycles. The summed E-state index contributed by atoms with van der Waals surface area (Å²) in [6, 6.07) is 10.4. The number of hydrogen-bond donors (Lipinski definition) is 2. The zero-order valence-electron chi connectivity index (χ0n) is 15.3. The number of benzene rings is 2. The summed E-state index contributed by atoms with van der Waals surface area (Å²) in [4.78, 5) is 12.6. The van der Waals surface area contributed by atoms with Crippen LogP contribution in [0.5, 0.6) is 0 Å². The van der Waals surface area contributed by atoms with Gasteiger partial charge in [0.25, 0.3) is 5.91 Å². The third-order valence-corrected chi connectivity index (χ3v) is 5.08. The summed E-state index contributed by atoms with van der Waals surface area (Å²) < 4.78 is 24.9. The van der Waals surface area contributed by atoms with Crippen LogP contribution in [0.15, 0.2) is 36.4 Å². The number of carbonyl (C=O) groups excluding carboxylic acids is 1. The maximum absolute atomic E-state index is 12.6. The first-order valence-corrected chi connectivity index (χ1v) is 10.5. The van der Waals surface area contributed by atoms with E-state index >= 15 is 0 Å². The first kappa shape index (κ1) is 20.3. The SMILES string of the molecule is CC[C@H](NC(=O)c1ccc(NS(C)(=O)=O)cc1Cl)c1ccc(C)c(C)c1. The van der Waals surface area contributed by atoms with Crippen LogP contribution in [0, 0.1) is 13.8 Å². The lowest BCUT2D eigenvalue weighted by molar-refractivity contribution is 0.0935. The Morgan fingerprint density at radius 3 is 2.35 bits per heavy atom. The lowest BCUT2D eigenvalue weighted by atomic mass is 9.99. The molecule has 0 aliphatic rings.